The largest absolute Gasteiger partial charge is 0.496 e. The van der Waals surface area contributed by atoms with Gasteiger partial charge in [0, 0.05) is 42.5 Å². The van der Waals surface area contributed by atoms with Gasteiger partial charge in [-0.25, -0.2) is 0 Å². The van der Waals surface area contributed by atoms with Crippen molar-refractivity contribution in [2.24, 2.45) is 0 Å². The highest BCUT2D eigenvalue weighted by molar-refractivity contribution is 5.97. The Kier molecular flexibility index (Phi) is 5.81. The average Bonchev–Trinajstić information content (AvgIpc) is 3.49. The summed E-state index contributed by atoms with van der Waals surface area (Å²) >= 11 is 0. The number of carbonyl (C=O) groups is 2. The molecule has 0 radical (unpaired) electrons. The lowest BCUT2D eigenvalue weighted by Gasteiger charge is -2.23. The van der Waals surface area contributed by atoms with Gasteiger partial charge in [0.2, 0.25) is 11.8 Å². The minimum absolute atomic E-state index is 0.0447. The van der Waals surface area contributed by atoms with Crippen molar-refractivity contribution in [3.8, 4) is 5.75 Å². The molecule has 1 saturated carbocycles. The Morgan fingerprint density at radius 1 is 1.21 bits per heavy atom. The maximum Gasteiger partial charge on any atom is 0.238 e. The molecule has 6 nitrogen and oxygen atoms in total. The van der Waals surface area contributed by atoms with E-state index in [0.29, 0.717) is 25.6 Å². The van der Waals surface area contributed by atoms with Gasteiger partial charge < -0.3 is 15.0 Å². The van der Waals surface area contributed by atoms with Crippen molar-refractivity contribution in [2.45, 2.75) is 38.3 Å². The molecule has 0 atom stereocenters. The van der Waals surface area contributed by atoms with E-state index in [-0.39, 0.29) is 11.8 Å². The van der Waals surface area contributed by atoms with Gasteiger partial charge in [-0.3, -0.25) is 14.5 Å². The zero-order chi connectivity index (χ0) is 20.2. The van der Waals surface area contributed by atoms with Crippen LogP contribution in [0.2, 0.25) is 0 Å². The molecular weight excluding hydrogens is 366 g/mol. The number of nitrogens with one attached hydrogen (secondary N) is 1. The molecule has 1 saturated heterocycles. The summed E-state index contributed by atoms with van der Waals surface area (Å²) in [6.07, 6.45) is 3.72. The number of rotatable bonds is 8. The highest BCUT2D eigenvalue weighted by atomic mass is 16.5. The van der Waals surface area contributed by atoms with E-state index in [0.717, 1.165) is 48.5 Å². The van der Waals surface area contributed by atoms with Gasteiger partial charge in [0.05, 0.1) is 13.7 Å². The first-order chi connectivity index (χ1) is 14.1. The molecule has 0 spiro atoms. The fraction of sp³-hybridized carbons (Fsp3) is 0.391. The number of hydrogen-bond donors (Lipinski definition) is 1. The minimum Gasteiger partial charge on any atom is -0.496 e. The monoisotopic (exact) mass is 393 g/mol. The van der Waals surface area contributed by atoms with Gasteiger partial charge in [0.1, 0.15) is 5.75 Å². The molecule has 1 heterocycles. The van der Waals surface area contributed by atoms with E-state index in [1.807, 2.05) is 48.5 Å². The van der Waals surface area contributed by atoms with Gasteiger partial charge in [-0.1, -0.05) is 24.3 Å². The highest BCUT2D eigenvalue weighted by Gasteiger charge is 2.31. The van der Waals surface area contributed by atoms with Crippen LogP contribution in [-0.4, -0.2) is 43.0 Å². The molecule has 2 aromatic carbocycles. The van der Waals surface area contributed by atoms with Crippen LogP contribution in [0, 0.1) is 0 Å². The van der Waals surface area contributed by atoms with Crippen molar-refractivity contribution in [2.75, 3.05) is 30.4 Å². The van der Waals surface area contributed by atoms with Crippen LogP contribution in [0.15, 0.2) is 48.5 Å². The summed E-state index contributed by atoms with van der Waals surface area (Å²) in [6.45, 7) is 1.75. The van der Waals surface area contributed by atoms with Gasteiger partial charge in [0.25, 0.3) is 0 Å². The summed E-state index contributed by atoms with van der Waals surface area (Å²) in [5.74, 6) is 0.948. The van der Waals surface area contributed by atoms with E-state index in [1.165, 1.54) is 0 Å². The van der Waals surface area contributed by atoms with E-state index in [1.54, 1.807) is 12.0 Å². The molecule has 2 amide bonds. The summed E-state index contributed by atoms with van der Waals surface area (Å²) < 4.78 is 5.46. The van der Waals surface area contributed by atoms with Crippen molar-refractivity contribution in [3.05, 3.63) is 54.1 Å². The van der Waals surface area contributed by atoms with E-state index in [9.17, 15) is 9.59 Å². The van der Waals surface area contributed by atoms with Crippen LogP contribution in [-0.2, 0) is 16.1 Å². The lowest BCUT2D eigenvalue weighted by molar-refractivity contribution is -0.118. The molecule has 0 bridgehead atoms. The SMILES string of the molecule is COc1ccccc1CN(CC(=O)Nc1cccc(N2CCCC2=O)c1)C1CC1. The molecule has 1 aliphatic carbocycles. The van der Waals surface area contributed by atoms with Crippen LogP contribution >= 0.6 is 0 Å². The summed E-state index contributed by atoms with van der Waals surface area (Å²) in [6, 6.07) is 15.9. The fourth-order valence-corrected chi connectivity index (χ4v) is 3.86. The molecule has 2 fully saturated rings. The Hall–Kier alpha value is -2.86. The maximum atomic E-state index is 12.7. The van der Waals surface area contributed by atoms with E-state index in [2.05, 4.69) is 10.2 Å². The number of nitrogens with zero attached hydrogens (tertiary/aromatic N) is 2. The van der Waals surface area contributed by atoms with Crippen molar-refractivity contribution < 1.29 is 14.3 Å². The molecule has 4 rings (SSSR count). The summed E-state index contributed by atoms with van der Waals surface area (Å²) in [5.41, 5.74) is 2.66. The zero-order valence-electron chi connectivity index (χ0n) is 16.8. The molecule has 29 heavy (non-hydrogen) atoms. The Morgan fingerprint density at radius 3 is 2.76 bits per heavy atom. The molecule has 1 aliphatic heterocycles. The first-order valence-electron chi connectivity index (χ1n) is 10.2. The molecule has 152 valence electrons. The summed E-state index contributed by atoms with van der Waals surface area (Å²) in [4.78, 5) is 28.7. The number of para-hydroxylation sites is 1. The Balaban J connectivity index is 1.41. The average molecular weight is 393 g/mol. The first kappa shape index (κ1) is 19.5. The van der Waals surface area contributed by atoms with Crippen LogP contribution in [0.25, 0.3) is 0 Å². The third-order valence-corrected chi connectivity index (χ3v) is 5.49. The number of methoxy groups -OCH3 is 1. The van der Waals surface area contributed by atoms with Crippen molar-refractivity contribution >= 4 is 23.2 Å². The Morgan fingerprint density at radius 2 is 2.03 bits per heavy atom. The van der Waals surface area contributed by atoms with Gasteiger partial charge >= 0.3 is 0 Å². The second-order valence-electron chi connectivity index (χ2n) is 7.70. The molecule has 1 N–H and O–H groups in total. The fourth-order valence-electron chi connectivity index (χ4n) is 3.86. The number of anilines is 2. The Bertz CT molecular complexity index is 894. The number of ether oxygens (including phenoxy) is 1. The summed E-state index contributed by atoms with van der Waals surface area (Å²) in [7, 11) is 1.67. The normalized spacial score (nSPS) is 16.3. The van der Waals surface area contributed by atoms with Crippen LogP contribution < -0.4 is 15.0 Å². The standard InChI is InChI=1S/C23H27N3O3/c1-29-21-9-3-2-6-17(21)15-25(19-11-12-19)16-22(27)24-18-7-4-8-20(14-18)26-13-5-10-23(26)28/h2-4,6-9,14,19H,5,10-13,15-16H2,1H3,(H,24,27). The third-order valence-electron chi connectivity index (χ3n) is 5.49. The van der Waals surface area contributed by atoms with Crippen LogP contribution in [0.3, 0.4) is 0 Å². The molecule has 6 heteroatoms. The maximum absolute atomic E-state index is 12.7. The van der Waals surface area contributed by atoms with Crippen molar-refractivity contribution in [3.63, 3.8) is 0 Å². The van der Waals surface area contributed by atoms with Crippen LogP contribution in [0.4, 0.5) is 11.4 Å². The van der Waals surface area contributed by atoms with Crippen molar-refractivity contribution in [1.29, 1.82) is 0 Å². The third kappa shape index (κ3) is 4.77. The topological polar surface area (TPSA) is 61.9 Å². The summed E-state index contributed by atoms with van der Waals surface area (Å²) in [5, 5.41) is 3.00. The van der Waals surface area contributed by atoms with Gasteiger partial charge in [-0.2, -0.15) is 0 Å². The number of amides is 2. The Labute approximate surface area is 171 Å². The number of benzene rings is 2. The van der Waals surface area contributed by atoms with Gasteiger partial charge in [-0.05, 0) is 43.5 Å². The first-order valence-corrected chi connectivity index (χ1v) is 10.2. The van der Waals surface area contributed by atoms with Gasteiger partial charge in [0.15, 0.2) is 0 Å². The molecular formula is C23H27N3O3. The predicted octanol–water partition coefficient (Wildman–Crippen LogP) is 3.43. The van der Waals surface area contributed by atoms with Crippen LogP contribution in [0.5, 0.6) is 5.75 Å². The molecule has 2 aliphatic rings. The zero-order valence-corrected chi connectivity index (χ0v) is 16.8. The molecule has 0 unspecified atom stereocenters. The van der Waals surface area contributed by atoms with E-state index in [4.69, 9.17) is 4.74 Å². The highest BCUT2D eigenvalue weighted by Crippen LogP contribution is 2.30. The minimum atomic E-state index is -0.0447. The molecule has 2 aromatic rings. The predicted molar refractivity (Wildman–Crippen MR) is 113 cm³/mol. The van der Waals surface area contributed by atoms with Crippen LogP contribution in [0.1, 0.15) is 31.2 Å². The van der Waals surface area contributed by atoms with Gasteiger partial charge in [-0.15, -0.1) is 0 Å². The van der Waals surface area contributed by atoms with Crippen molar-refractivity contribution in [1.82, 2.24) is 4.90 Å². The van der Waals surface area contributed by atoms with E-state index < -0.39 is 0 Å². The number of hydrogen-bond acceptors (Lipinski definition) is 4. The second-order valence-corrected chi connectivity index (χ2v) is 7.70. The number of carbonyl (C=O) groups excluding carboxylic acids is 2. The molecule has 0 aromatic heterocycles. The smallest absolute Gasteiger partial charge is 0.238 e. The quantitative estimate of drug-likeness (QED) is 0.746. The second kappa shape index (κ2) is 8.66. The lowest BCUT2D eigenvalue weighted by Crippen LogP contribution is -2.34. The lowest BCUT2D eigenvalue weighted by atomic mass is 10.2. The van der Waals surface area contributed by atoms with E-state index >= 15 is 0 Å².